The zero-order valence-corrected chi connectivity index (χ0v) is 11.8. The number of aliphatic carboxylic acids is 1. The average Bonchev–Trinajstić information content (AvgIpc) is 2.64. The summed E-state index contributed by atoms with van der Waals surface area (Å²) in [5, 5.41) is 13.1. The molecule has 1 amide bonds. The highest BCUT2D eigenvalue weighted by atomic mass is 79.9. The van der Waals surface area contributed by atoms with E-state index in [0.29, 0.717) is 18.4 Å². The first-order valence-electron chi connectivity index (χ1n) is 5.25. The third-order valence-corrected chi connectivity index (χ3v) is 3.74. The van der Waals surface area contributed by atoms with E-state index in [0.717, 1.165) is 3.79 Å². The quantitative estimate of drug-likeness (QED) is 0.847. The Morgan fingerprint density at radius 2 is 2.29 bits per heavy atom. The van der Waals surface area contributed by atoms with Gasteiger partial charge in [-0.1, -0.05) is 0 Å². The van der Waals surface area contributed by atoms with Gasteiger partial charge in [0, 0.05) is 17.8 Å². The molecule has 0 saturated heterocycles. The van der Waals surface area contributed by atoms with Crippen LogP contribution in [-0.4, -0.2) is 23.0 Å². The molecule has 0 radical (unpaired) electrons. The minimum Gasteiger partial charge on any atom is -0.481 e. The maximum atomic E-state index is 11.7. The molecule has 1 rings (SSSR count). The predicted octanol–water partition coefficient (Wildman–Crippen LogP) is 2.88. The molecule has 1 aromatic rings. The summed E-state index contributed by atoms with van der Waals surface area (Å²) in [5.74, 6) is -0.917. The first kappa shape index (κ1) is 14.2. The lowest BCUT2D eigenvalue weighted by molar-refractivity contribution is -0.137. The monoisotopic (exact) mass is 319 g/mol. The van der Waals surface area contributed by atoms with Gasteiger partial charge in [0.25, 0.3) is 5.91 Å². The van der Waals surface area contributed by atoms with Crippen molar-refractivity contribution in [1.82, 2.24) is 5.32 Å². The van der Waals surface area contributed by atoms with E-state index in [9.17, 15) is 9.59 Å². The Kier molecular flexibility index (Phi) is 5.64. The van der Waals surface area contributed by atoms with Crippen molar-refractivity contribution in [1.29, 1.82) is 0 Å². The number of thiophene rings is 1. The van der Waals surface area contributed by atoms with Crippen LogP contribution in [0.3, 0.4) is 0 Å². The van der Waals surface area contributed by atoms with E-state index in [1.54, 1.807) is 11.4 Å². The zero-order valence-electron chi connectivity index (χ0n) is 9.40. The summed E-state index contributed by atoms with van der Waals surface area (Å²) < 4.78 is 0.918. The fourth-order valence-corrected chi connectivity index (χ4v) is 2.50. The molecule has 94 valence electrons. The number of hydrogen-bond donors (Lipinski definition) is 2. The summed E-state index contributed by atoms with van der Waals surface area (Å²) in [5.41, 5.74) is 0.631. The first-order chi connectivity index (χ1) is 7.99. The number of nitrogens with one attached hydrogen (secondary N) is 1. The minimum absolute atomic E-state index is 0.0134. The summed E-state index contributed by atoms with van der Waals surface area (Å²) in [7, 11) is 0. The van der Waals surface area contributed by atoms with Crippen molar-refractivity contribution >= 4 is 39.1 Å². The van der Waals surface area contributed by atoms with E-state index >= 15 is 0 Å². The van der Waals surface area contributed by atoms with Gasteiger partial charge in [0.05, 0.1) is 9.35 Å². The fraction of sp³-hybridized carbons (Fsp3) is 0.455. The van der Waals surface area contributed by atoms with E-state index < -0.39 is 5.97 Å². The topological polar surface area (TPSA) is 66.4 Å². The average molecular weight is 320 g/mol. The van der Waals surface area contributed by atoms with Crippen LogP contribution in [0.15, 0.2) is 15.2 Å². The third-order valence-electron chi connectivity index (χ3n) is 2.23. The Morgan fingerprint density at radius 3 is 2.82 bits per heavy atom. The predicted molar refractivity (Wildman–Crippen MR) is 70.4 cm³/mol. The second-order valence-corrected chi connectivity index (χ2v) is 6.09. The molecule has 0 fully saturated rings. The Morgan fingerprint density at radius 1 is 1.59 bits per heavy atom. The second-order valence-electron chi connectivity index (χ2n) is 3.80. The highest BCUT2D eigenvalue weighted by molar-refractivity contribution is 9.11. The molecule has 6 heteroatoms. The Balaban J connectivity index is 2.33. The molecular weight excluding hydrogens is 306 g/mol. The maximum Gasteiger partial charge on any atom is 0.303 e. The van der Waals surface area contributed by atoms with Crippen molar-refractivity contribution < 1.29 is 14.7 Å². The minimum atomic E-state index is -0.801. The summed E-state index contributed by atoms with van der Waals surface area (Å²) in [6, 6.07) is 1.75. The maximum absolute atomic E-state index is 11.7. The van der Waals surface area contributed by atoms with Gasteiger partial charge in [-0.25, -0.2) is 0 Å². The van der Waals surface area contributed by atoms with Crippen LogP contribution in [0.4, 0.5) is 0 Å². The molecule has 1 unspecified atom stereocenters. The van der Waals surface area contributed by atoms with E-state index in [1.165, 1.54) is 11.3 Å². The van der Waals surface area contributed by atoms with E-state index in [-0.39, 0.29) is 18.4 Å². The number of carboxylic acids is 1. The standard InChI is InChI=1S/C11H14BrNO3S/c1-7(3-2-4-10(14)15)13-11(16)8-5-9(12)17-6-8/h5-7H,2-4H2,1H3,(H,13,16)(H,14,15). The van der Waals surface area contributed by atoms with Crippen LogP contribution in [-0.2, 0) is 4.79 Å². The lowest BCUT2D eigenvalue weighted by Gasteiger charge is -2.12. The van der Waals surface area contributed by atoms with Crippen LogP contribution < -0.4 is 5.32 Å². The fourth-order valence-electron chi connectivity index (χ4n) is 1.37. The summed E-state index contributed by atoms with van der Waals surface area (Å²) >= 11 is 4.76. The van der Waals surface area contributed by atoms with Crippen molar-refractivity contribution in [2.75, 3.05) is 0 Å². The van der Waals surface area contributed by atoms with Crippen LogP contribution in [0.1, 0.15) is 36.5 Å². The van der Waals surface area contributed by atoms with Gasteiger partial charge in [0.2, 0.25) is 0 Å². The van der Waals surface area contributed by atoms with Crippen LogP contribution in [0.2, 0.25) is 0 Å². The van der Waals surface area contributed by atoms with Gasteiger partial charge in [0.15, 0.2) is 0 Å². The summed E-state index contributed by atoms with van der Waals surface area (Å²) in [4.78, 5) is 22.1. The Labute approximate surface area is 112 Å². The zero-order chi connectivity index (χ0) is 12.8. The number of halogens is 1. The van der Waals surface area contributed by atoms with Gasteiger partial charge in [-0.3, -0.25) is 9.59 Å². The van der Waals surface area contributed by atoms with E-state index in [1.807, 2.05) is 6.92 Å². The normalized spacial score (nSPS) is 12.1. The third kappa shape index (κ3) is 5.32. The van der Waals surface area contributed by atoms with Crippen LogP contribution in [0.25, 0.3) is 0 Å². The number of amides is 1. The first-order valence-corrected chi connectivity index (χ1v) is 6.93. The molecule has 0 saturated carbocycles. The van der Waals surface area contributed by atoms with Gasteiger partial charge in [-0.2, -0.15) is 0 Å². The molecule has 0 aliphatic rings. The van der Waals surface area contributed by atoms with Crippen molar-refractivity contribution in [3.8, 4) is 0 Å². The van der Waals surface area contributed by atoms with Crippen LogP contribution >= 0.6 is 27.3 Å². The molecule has 1 atom stereocenters. The van der Waals surface area contributed by atoms with Gasteiger partial charge < -0.3 is 10.4 Å². The number of carboxylic acid groups (broad SMARTS) is 1. The smallest absolute Gasteiger partial charge is 0.303 e. The van der Waals surface area contributed by atoms with Crippen molar-refractivity contribution in [3.05, 3.63) is 20.8 Å². The molecule has 1 aromatic heterocycles. The molecule has 0 bridgehead atoms. The lowest BCUT2D eigenvalue weighted by Crippen LogP contribution is -2.32. The van der Waals surface area contributed by atoms with Crippen molar-refractivity contribution in [2.24, 2.45) is 0 Å². The molecule has 1 heterocycles. The van der Waals surface area contributed by atoms with E-state index in [2.05, 4.69) is 21.2 Å². The number of rotatable bonds is 6. The molecule has 0 aliphatic carbocycles. The molecule has 17 heavy (non-hydrogen) atoms. The molecular formula is C11H14BrNO3S. The molecule has 2 N–H and O–H groups in total. The highest BCUT2D eigenvalue weighted by Gasteiger charge is 2.11. The van der Waals surface area contributed by atoms with Crippen LogP contribution in [0.5, 0.6) is 0 Å². The molecule has 0 aromatic carbocycles. The lowest BCUT2D eigenvalue weighted by atomic mass is 10.1. The largest absolute Gasteiger partial charge is 0.481 e. The van der Waals surface area contributed by atoms with Gasteiger partial charge in [-0.15, -0.1) is 11.3 Å². The Bertz CT molecular complexity index is 405. The van der Waals surface area contributed by atoms with E-state index in [4.69, 9.17) is 5.11 Å². The number of hydrogen-bond acceptors (Lipinski definition) is 3. The van der Waals surface area contributed by atoms with Gasteiger partial charge >= 0.3 is 5.97 Å². The van der Waals surface area contributed by atoms with Gasteiger partial charge in [-0.05, 0) is 41.8 Å². The van der Waals surface area contributed by atoms with Gasteiger partial charge in [0.1, 0.15) is 0 Å². The summed E-state index contributed by atoms with van der Waals surface area (Å²) in [6.45, 7) is 1.88. The molecule has 0 aliphatic heterocycles. The number of carbonyl (C=O) groups excluding carboxylic acids is 1. The van der Waals surface area contributed by atoms with Crippen molar-refractivity contribution in [2.45, 2.75) is 32.2 Å². The molecule has 4 nitrogen and oxygen atoms in total. The Hall–Kier alpha value is -0.880. The summed E-state index contributed by atoms with van der Waals surface area (Å²) in [6.07, 6.45) is 1.39. The number of carbonyl (C=O) groups is 2. The second kappa shape index (κ2) is 6.76. The SMILES string of the molecule is CC(CCCC(=O)O)NC(=O)c1csc(Br)c1. The molecule has 0 spiro atoms. The van der Waals surface area contributed by atoms with Crippen LogP contribution in [0, 0.1) is 0 Å². The highest BCUT2D eigenvalue weighted by Crippen LogP contribution is 2.20. The van der Waals surface area contributed by atoms with Crippen molar-refractivity contribution in [3.63, 3.8) is 0 Å².